The van der Waals surface area contributed by atoms with Crippen molar-refractivity contribution >= 4 is 27.6 Å². The van der Waals surface area contributed by atoms with Crippen molar-refractivity contribution in [1.29, 1.82) is 0 Å². The number of carbonyl (C=O) groups is 1. The average Bonchev–Trinajstić information content (AvgIpc) is 2.60. The minimum atomic E-state index is -3.74. The Kier molecular flexibility index (Phi) is 7.14. The first-order valence-electron chi connectivity index (χ1n) is 8.45. The van der Waals surface area contributed by atoms with Gasteiger partial charge >= 0.3 is 0 Å². The van der Waals surface area contributed by atoms with Crippen molar-refractivity contribution in [3.8, 4) is 11.1 Å². The van der Waals surface area contributed by atoms with Crippen molar-refractivity contribution in [3.05, 3.63) is 57.6 Å². The Balaban J connectivity index is 2.75. The van der Waals surface area contributed by atoms with E-state index in [4.69, 9.17) is 15.8 Å². The molecule has 2 aromatic rings. The van der Waals surface area contributed by atoms with Crippen molar-refractivity contribution in [2.45, 2.75) is 20.3 Å². The molecule has 0 aromatic heterocycles. The minimum Gasteiger partial charge on any atom is -0.352 e. The maximum Gasteiger partial charge on any atom is 0.264 e. The Morgan fingerprint density at radius 1 is 1.29 bits per heavy atom. The molecule has 2 rings (SSSR count). The van der Waals surface area contributed by atoms with E-state index >= 15 is 0 Å². The lowest BCUT2D eigenvalue weighted by Gasteiger charge is -2.20. The standard InChI is InChI=1S/C19H20ClF2NO4S/c1-4-23-19(24)15-11(2)17(20)18(22)14(8-9-27-28(3,25)26)16(15)12-6-5-7-13(21)10-12/h5-7,10H,4,8-9H2,1-3H3,(H,23,24). The molecular formula is C19H20ClF2NO4S. The van der Waals surface area contributed by atoms with Gasteiger partial charge in [-0.15, -0.1) is 0 Å². The molecule has 0 atom stereocenters. The van der Waals surface area contributed by atoms with Gasteiger partial charge in [-0.05, 0) is 37.1 Å². The molecule has 1 amide bonds. The molecule has 0 fully saturated rings. The number of hydrogen-bond acceptors (Lipinski definition) is 4. The van der Waals surface area contributed by atoms with Crippen molar-refractivity contribution in [1.82, 2.24) is 5.32 Å². The summed E-state index contributed by atoms with van der Waals surface area (Å²) in [6, 6.07) is 5.37. The molecule has 152 valence electrons. The molecule has 0 aliphatic carbocycles. The maximum atomic E-state index is 15.0. The van der Waals surface area contributed by atoms with Gasteiger partial charge in [-0.2, -0.15) is 8.42 Å². The molecule has 0 spiro atoms. The van der Waals surface area contributed by atoms with Gasteiger partial charge in [-0.1, -0.05) is 23.7 Å². The zero-order valence-electron chi connectivity index (χ0n) is 15.6. The van der Waals surface area contributed by atoms with E-state index in [2.05, 4.69) is 5.32 Å². The smallest absolute Gasteiger partial charge is 0.264 e. The minimum absolute atomic E-state index is 0.0221. The van der Waals surface area contributed by atoms with Crippen LogP contribution >= 0.6 is 11.6 Å². The van der Waals surface area contributed by atoms with Crippen LogP contribution in [0.3, 0.4) is 0 Å². The molecule has 0 unspecified atom stereocenters. The Labute approximate surface area is 167 Å². The summed E-state index contributed by atoms with van der Waals surface area (Å²) in [4.78, 5) is 12.7. The SMILES string of the molecule is CCNC(=O)c1c(C)c(Cl)c(F)c(CCOS(C)(=O)=O)c1-c1cccc(F)c1. The summed E-state index contributed by atoms with van der Waals surface area (Å²) >= 11 is 6.10. The van der Waals surface area contributed by atoms with E-state index in [1.54, 1.807) is 6.92 Å². The fraction of sp³-hybridized carbons (Fsp3) is 0.316. The first-order valence-corrected chi connectivity index (χ1v) is 10.6. The van der Waals surface area contributed by atoms with Crippen LogP contribution in [0, 0.1) is 18.6 Å². The van der Waals surface area contributed by atoms with Crippen LogP contribution in [0.15, 0.2) is 24.3 Å². The summed E-state index contributed by atoms with van der Waals surface area (Å²) < 4.78 is 56.0. The summed E-state index contributed by atoms with van der Waals surface area (Å²) in [5.74, 6) is -1.86. The highest BCUT2D eigenvalue weighted by Gasteiger charge is 2.26. The Bertz CT molecular complexity index is 1010. The fourth-order valence-electron chi connectivity index (χ4n) is 2.88. The van der Waals surface area contributed by atoms with Crippen LogP contribution in [0.5, 0.6) is 0 Å². The van der Waals surface area contributed by atoms with Crippen LogP contribution in [-0.4, -0.2) is 33.7 Å². The van der Waals surface area contributed by atoms with Crippen LogP contribution in [-0.2, 0) is 20.7 Å². The van der Waals surface area contributed by atoms with Gasteiger partial charge in [0.25, 0.3) is 16.0 Å². The molecule has 28 heavy (non-hydrogen) atoms. The molecule has 2 aromatic carbocycles. The highest BCUT2D eigenvalue weighted by atomic mass is 35.5. The molecular weight excluding hydrogens is 412 g/mol. The molecule has 0 aliphatic rings. The molecule has 5 nitrogen and oxygen atoms in total. The zero-order chi connectivity index (χ0) is 21.1. The van der Waals surface area contributed by atoms with Crippen molar-refractivity contribution < 1.29 is 26.2 Å². The van der Waals surface area contributed by atoms with Crippen LogP contribution in [0.2, 0.25) is 5.02 Å². The van der Waals surface area contributed by atoms with E-state index in [9.17, 15) is 22.0 Å². The van der Waals surface area contributed by atoms with E-state index in [1.807, 2.05) is 0 Å². The van der Waals surface area contributed by atoms with E-state index in [0.29, 0.717) is 6.54 Å². The Hall–Kier alpha value is -2.03. The van der Waals surface area contributed by atoms with Gasteiger partial charge in [0, 0.05) is 24.1 Å². The number of amides is 1. The molecule has 0 heterocycles. The summed E-state index contributed by atoms with van der Waals surface area (Å²) in [6.07, 6.45) is 0.691. The molecule has 1 N–H and O–H groups in total. The largest absolute Gasteiger partial charge is 0.352 e. The molecule has 9 heteroatoms. The molecule has 0 bridgehead atoms. The zero-order valence-corrected chi connectivity index (χ0v) is 17.2. The third-order valence-electron chi connectivity index (χ3n) is 4.04. The number of rotatable bonds is 7. The second-order valence-corrected chi connectivity index (χ2v) is 8.15. The van der Waals surface area contributed by atoms with E-state index in [1.165, 1.54) is 31.2 Å². The van der Waals surface area contributed by atoms with Gasteiger partial charge in [-0.3, -0.25) is 8.98 Å². The lowest BCUT2D eigenvalue weighted by Crippen LogP contribution is -2.25. The second kappa shape index (κ2) is 8.98. The lowest BCUT2D eigenvalue weighted by atomic mass is 9.88. The van der Waals surface area contributed by atoms with Crippen molar-refractivity contribution in [2.24, 2.45) is 0 Å². The van der Waals surface area contributed by atoms with E-state index in [-0.39, 0.29) is 45.9 Å². The molecule has 0 saturated heterocycles. The van der Waals surface area contributed by atoms with Crippen molar-refractivity contribution in [2.75, 3.05) is 19.4 Å². The van der Waals surface area contributed by atoms with Crippen molar-refractivity contribution in [3.63, 3.8) is 0 Å². The predicted octanol–water partition coefficient (Wildman–Crippen LogP) is 3.86. The molecule has 0 radical (unpaired) electrons. The van der Waals surface area contributed by atoms with E-state index in [0.717, 1.165) is 6.26 Å². The van der Waals surface area contributed by atoms with Crippen LogP contribution < -0.4 is 5.32 Å². The third kappa shape index (κ3) is 5.06. The maximum absolute atomic E-state index is 15.0. The van der Waals surface area contributed by atoms with Crippen LogP contribution in [0.4, 0.5) is 8.78 Å². The number of hydrogen-bond donors (Lipinski definition) is 1. The Morgan fingerprint density at radius 3 is 2.54 bits per heavy atom. The van der Waals surface area contributed by atoms with Gasteiger partial charge in [-0.25, -0.2) is 8.78 Å². The molecule has 0 aliphatic heterocycles. The first-order chi connectivity index (χ1) is 13.1. The van der Waals surface area contributed by atoms with Crippen LogP contribution in [0.25, 0.3) is 11.1 Å². The summed E-state index contributed by atoms with van der Waals surface area (Å²) in [5, 5.41) is 2.39. The number of carbonyl (C=O) groups excluding carboxylic acids is 1. The third-order valence-corrected chi connectivity index (χ3v) is 5.09. The second-order valence-electron chi connectivity index (χ2n) is 6.13. The average molecular weight is 432 g/mol. The topological polar surface area (TPSA) is 72.5 Å². The fourth-order valence-corrected chi connectivity index (χ4v) is 3.47. The van der Waals surface area contributed by atoms with Crippen LogP contribution in [0.1, 0.15) is 28.4 Å². The normalized spacial score (nSPS) is 11.5. The lowest BCUT2D eigenvalue weighted by molar-refractivity contribution is 0.0955. The quantitative estimate of drug-likeness (QED) is 0.675. The summed E-state index contributed by atoms with van der Waals surface area (Å²) in [6.45, 7) is 3.19. The molecule has 0 saturated carbocycles. The highest BCUT2D eigenvalue weighted by molar-refractivity contribution is 7.85. The highest BCUT2D eigenvalue weighted by Crippen LogP contribution is 2.37. The first kappa shape index (κ1) is 22.3. The summed E-state index contributed by atoms with van der Waals surface area (Å²) in [7, 11) is -3.74. The monoisotopic (exact) mass is 431 g/mol. The van der Waals surface area contributed by atoms with Gasteiger partial charge < -0.3 is 5.32 Å². The number of benzene rings is 2. The number of halogens is 3. The van der Waals surface area contributed by atoms with Gasteiger partial charge in [0.1, 0.15) is 11.6 Å². The number of nitrogens with one attached hydrogen (secondary N) is 1. The van der Waals surface area contributed by atoms with Gasteiger partial charge in [0.15, 0.2) is 0 Å². The Morgan fingerprint density at radius 2 is 1.96 bits per heavy atom. The van der Waals surface area contributed by atoms with Gasteiger partial charge in [0.2, 0.25) is 0 Å². The van der Waals surface area contributed by atoms with E-state index < -0.39 is 27.7 Å². The summed E-state index contributed by atoms with van der Waals surface area (Å²) in [5.41, 5.74) is 0.715. The van der Waals surface area contributed by atoms with Gasteiger partial charge in [0.05, 0.1) is 23.4 Å². The predicted molar refractivity (Wildman–Crippen MR) is 104 cm³/mol.